The zero-order valence-corrected chi connectivity index (χ0v) is 20.0. The Morgan fingerprint density at radius 3 is 2.39 bits per heavy atom. The molecule has 1 aliphatic rings. The number of nitrogens with zero attached hydrogens (tertiary/aromatic N) is 2. The van der Waals surface area contributed by atoms with Gasteiger partial charge in [0.1, 0.15) is 5.70 Å². The van der Waals surface area contributed by atoms with Gasteiger partial charge in [0, 0.05) is 14.6 Å². The Kier molecular flexibility index (Phi) is 5.62. The minimum atomic E-state index is -1.01. The van der Waals surface area contributed by atoms with Gasteiger partial charge in [-0.3, -0.25) is 9.69 Å². The molecule has 0 fully saturated rings. The molecule has 1 aromatic heterocycles. The maximum absolute atomic E-state index is 13.5. The number of carboxylic acid groups (broad SMARTS) is 1. The molecule has 1 amide bonds. The first-order valence-corrected chi connectivity index (χ1v) is 11.8. The van der Waals surface area contributed by atoms with E-state index in [1.807, 2.05) is 48.5 Å². The van der Waals surface area contributed by atoms with Gasteiger partial charge in [-0.25, -0.2) is 9.79 Å². The zero-order chi connectivity index (χ0) is 23.1. The van der Waals surface area contributed by atoms with Gasteiger partial charge in [0.05, 0.1) is 21.2 Å². The van der Waals surface area contributed by atoms with Gasteiger partial charge < -0.3 is 5.11 Å². The average molecular weight is 538 g/mol. The quantitative estimate of drug-likeness (QED) is 0.289. The highest BCUT2D eigenvalue weighted by Gasteiger charge is 2.34. The molecule has 5 nitrogen and oxygen atoms in total. The monoisotopic (exact) mass is 536 g/mol. The highest BCUT2D eigenvalue weighted by atomic mass is 79.9. The zero-order valence-electron chi connectivity index (χ0n) is 16.8. The van der Waals surface area contributed by atoms with Gasteiger partial charge in [-0.1, -0.05) is 57.9 Å². The summed E-state index contributed by atoms with van der Waals surface area (Å²) in [6.07, 6.45) is 1.65. The lowest BCUT2D eigenvalue weighted by atomic mass is 10.1. The van der Waals surface area contributed by atoms with Crippen molar-refractivity contribution in [1.29, 1.82) is 0 Å². The summed E-state index contributed by atoms with van der Waals surface area (Å²) in [5, 5.41) is 10.6. The number of aromatic carboxylic acids is 1. The molecule has 0 bridgehead atoms. The molecule has 0 unspecified atom stereocenters. The normalized spacial score (nSPS) is 14.8. The van der Waals surface area contributed by atoms with E-state index in [0.717, 1.165) is 14.6 Å². The summed E-state index contributed by atoms with van der Waals surface area (Å²) in [5.74, 6) is -0.836. The van der Waals surface area contributed by atoms with Crippen molar-refractivity contribution in [2.45, 2.75) is 0 Å². The molecule has 0 saturated carbocycles. The minimum absolute atomic E-state index is 0.174. The lowest BCUT2D eigenvalue weighted by Crippen LogP contribution is -2.32. The largest absolute Gasteiger partial charge is 0.478 e. The molecule has 0 spiro atoms. The molecule has 0 aliphatic carbocycles. The highest BCUT2D eigenvalue weighted by Crippen LogP contribution is 2.39. The molecular formula is C25H14BrClN2O3S. The summed E-state index contributed by atoms with van der Waals surface area (Å²) in [4.78, 5) is 31.5. The number of hydrogen-bond donors (Lipinski definition) is 1. The van der Waals surface area contributed by atoms with Crippen molar-refractivity contribution in [3.63, 3.8) is 0 Å². The van der Waals surface area contributed by atoms with Crippen molar-refractivity contribution >= 4 is 78.4 Å². The fourth-order valence-corrected chi connectivity index (χ4v) is 5.30. The van der Waals surface area contributed by atoms with Crippen LogP contribution in [0.3, 0.4) is 0 Å². The summed E-state index contributed by atoms with van der Waals surface area (Å²) >= 11 is 11.6. The number of hydrogen-bond acceptors (Lipinski definition) is 4. The molecule has 1 N–H and O–H groups in total. The summed E-state index contributed by atoms with van der Waals surface area (Å²) in [6, 6.07) is 21.5. The number of benzene rings is 3. The van der Waals surface area contributed by atoms with Crippen LogP contribution >= 0.6 is 38.9 Å². The number of thiophene rings is 1. The standard InChI is InChI=1S/C25H14BrClN2O3S/c26-16-9-11-17(12-10-16)29-23(22-21(27)18-3-1-2-4-20(18)33-22)28-19(24(29)30)13-14-5-7-15(8-6-14)25(31)32/h1-13H,(H,31,32)/b19-13+. The van der Waals surface area contributed by atoms with Gasteiger partial charge >= 0.3 is 5.97 Å². The lowest BCUT2D eigenvalue weighted by Gasteiger charge is -2.18. The molecule has 0 atom stereocenters. The number of fused-ring (bicyclic) bond motifs is 1. The van der Waals surface area contributed by atoms with E-state index < -0.39 is 5.97 Å². The predicted molar refractivity (Wildman–Crippen MR) is 136 cm³/mol. The van der Waals surface area contributed by atoms with E-state index in [4.69, 9.17) is 16.7 Å². The number of halogens is 2. The number of anilines is 1. The van der Waals surface area contributed by atoms with Gasteiger partial charge in [0.2, 0.25) is 0 Å². The summed E-state index contributed by atoms with van der Waals surface area (Å²) in [7, 11) is 0. The summed E-state index contributed by atoms with van der Waals surface area (Å²) in [5.41, 5.74) is 1.75. The van der Waals surface area contributed by atoms with E-state index in [1.54, 1.807) is 23.1 Å². The van der Waals surface area contributed by atoms with Gasteiger partial charge in [-0.15, -0.1) is 11.3 Å². The third-order valence-corrected chi connectivity index (χ3v) is 7.34. The Morgan fingerprint density at radius 2 is 1.73 bits per heavy atom. The van der Waals surface area contributed by atoms with Crippen molar-refractivity contribution in [2.75, 3.05) is 4.90 Å². The predicted octanol–water partition coefficient (Wildman–Crippen LogP) is 6.85. The van der Waals surface area contributed by atoms with Crippen LogP contribution in [0.4, 0.5) is 5.69 Å². The van der Waals surface area contributed by atoms with Crippen LogP contribution in [0.2, 0.25) is 5.02 Å². The van der Waals surface area contributed by atoms with Crippen molar-refractivity contribution in [3.8, 4) is 0 Å². The van der Waals surface area contributed by atoms with Crippen LogP contribution in [0.25, 0.3) is 16.2 Å². The van der Waals surface area contributed by atoms with Crippen molar-refractivity contribution in [3.05, 3.63) is 104 Å². The van der Waals surface area contributed by atoms with Gasteiger partial charge in [-0.05, 0) is 54.1 Å². The van der Waals surface area contributed by atoms with Gasteiger partial charge in [-0.2, -0.15) is 0 Å². The van der Waals surface area contributed by atoms with E-state index in [9.17, 15) is 9.59 Å². The number of rotatable bonds is 4. The topological polar surface area (TPSA) is 70.0 Å². The minimum Gasteiger partial charge on any atom is -0.478 e. The molecular weight excluding hydrogens is 524 g/mol. The van der Waals surface area contributed by atoms with Crippen molar-refractivity contribution in [1.82, 2.24) is 0 Å². The molecule has 33 heavy (non-hydrogen) atoms. The molecule has 0 saturated heterocycles. The summed E-state index contributed by atoms with van der Waals surface area (Å²) < 4.78 is 1.90. The molecule has 1 aliphatic heterocycles. The third kappa shape index (κ3) is 3.99. The molecule has 3 aromatic carbocycles. The van der Waals surface area contributed by atoms with E-state index in [0.29, 0.717) is 27.0 Å². The number of carbonyl (C=O) groups is 2. The van der Waals surface area contributed by atoms with Gasteiger partial charge in [0.15, 0.2) is 5.84 Å². The molecule has 8 heteroatoms. The smallest absolute Gasteiger partial charge is 0.335 e. The molecule has 4 aromatic rings. The van der Waals surface area contributed by atoms with Crippen LogP contribution in [0.1, 0.15) is 20.8 Å². The Labute approximate surface area is 206 Å². The fourth-order valence-electron chi connectivity index (χ4n) is 3.54. The van der Waals surface area contributed by atoms with Crippen molar-refractivity contribution in [2.24, 2.45) is 4.99 Å². The number of amidine groups is 1. The number of amides is 1. The summed E-state index contributed by atoms with van der Waals surface area (Å²) in [6.45, 7) is 0. The first-order chi connectivity index (χ1) is 15.9. The van der Waals surface area contributed by atoms with Gasteiger partial charge in [0.25, 0.3) is 5.91 Å². The second-order valence-corrected chi connectivity index (χ2v) is 9.60. The second-order valence-electron chi connectivity index (χ2n) is 7.25. The van der Waals surface area contributed by atoms with Crippen LogP contribution in [0.15, 0.2) is 88.0 Å². The van der Waals surface area contributed by atoms with Crippen LogP contribution in [-0.4, -0.2) is 22.8 Å². The Morgan fingerprint density at radius 1 is 1.03 bits per heavy atom. The first kappa shape index (κ1) is 21.6. The Hall–Kier alpha value is -3.26. The molecule has 162 valence electrons. The number of carboxylic acids is 1. The van der Waals surface area contributed by atoms with E-state index in [2.05, 4.69) is 20.9 Å². The maximum atomic E-state index is 13.5. The first-order valence-electron chi connectivity index (χ1n) is 9.83. The van der Waals surface area contributed by atoms with Crippen LogP contribution in [0, 0.1) is 0 Å². The number of aliphatic imine (C=N–C) groups is 1. The van der Waals surface area contributed by atoms with E-state index >= 15 is 0 Å². The average Bonchev–Trinajstić information content (AvgIpc) is 3.32. The Bertz CT molecular complexity index is 1470. The molecule has 0 radical (unpaired) electrons. The third-order valence-electron chi connectivity index (χ3n) is 5.14. The Balaban J connectivity index is 1.64. The fraction of sp³-hybridized carbons (Fsp3) is 0. The number of carbonyl (C=O) groups excluding carboxylic acids is 1. The highest BCUT2D eigenvalue weighted by molar-refractivity contribution is 9.10. The SMILES string of the molecule is O=C(O)c1ccc(/C=C2/N=C(c3sc4ccccc4c3Cl)N(c3ccc(Br)cc3)C2=O)cc1. The van der Waals surface area contributed by atoms with Crippen LogP contribution in [0.5, 0.6) is 0 Å². The molecule has 5 rings (SSSR count). The van der Waals surface area contributed by atoms with E-state index in [1.165, 1.54) is 23.5 Å². The van der Waals surface area contributed by atoms with E-state index in [-0.39, 0.29) is 17.2 Å². The van der Waals surface area contributed by atoms with Crippen LogP contribution < -0.4 is 4.90 Å². The lowest BCUT2D eigenvalue weighted by molar-refractivity contribution is -0.113. The van der Waals surface area contributed by atoms with Crippen molar-refractivity contribution < 1.29 is 14.7 Å². The van der Waals surface area contributed by atoms with Crippen LogP contribution in [-0.2, 0) is 4.79 Å². The molecule has 2 heterocycles. The second kappa shape index (κ2) is 8.59. The maximum Gasteiger partial charge on any atom is 0.335 e.